The van der Waals surface area contributed by atoms with E-state index in [0.717, 1.165) is 37.2 Å². The Labute approximate surface area is 111 Å². The second-order valence-corrected chi connectivity index (χ2v) is 4.83. The third-order valence-electron chi connectivity index (χ3n) is 3.42. The van der Waals surface area contributed by atoms with Crippen LogP contribution in [0.15, 0.2) is 30.6 Å². The monoisotopic (exact) mass is 261 g/mol. The number of rotatable bonds is 2. The summed E-state index contributed by atoms with van der Waals surface area (Å²) in [5.74, 6) is -0.325. The Kier molecular flexibility index (Phi) is 3.21. The van der Waals surface area contributed by atoms with E-state index in [2.05, 4.69) is 5.10 Å². The smallest absolute Gasteiger partial charge is 0.125 e. The number of aromatic nitrogens is 2. The molecule has 1 saturated heterocycles. The Balaban J connectivity index is 1.87. The first-order chi connectivity index (χ1) is 9.22. The summed E-state index contributed by atoms with van der Waals surface area (Å²) in [7, 11) is 0. The van der Waals surface area contributed by atoms with Gasteiger partial charge in [-0.15, -0.1) is 0 Å². The van der Waals surface area contributed by atoms with E-state index in [0.29, 0.717) is 11.7 Å². The zero-order chi connectivity index (χ0) is 13.2. The lowest BCUT2D eigenvalue weighted by Gasteiger charge is -2.22. The van der Waals surface area contributed by atoms with Crippen molar-refractivity contribution in [2.24, 2.45) is 0 Å². The summed E-state index contributed by atoms with van der Waals surface area (Å²) < 4.78 is 20.6. The standard InChI is InChI=1S/C14H16FN3O/c15-12-5-10(6-13(16)7-12)11-8-17-18(9-11)14-1-3-19-4-2-14/h5-9,14H,1-4,16H2. The molecule has 100 valence electrons. The molecule has 1 fully saturated rings. The van der Waals surface area contributed by atoms with Crippen LogP contribution < -0.4 is 5.73 Å². The van der Waals surface area contributed by atoms with Gasteiger partial charge in [-0.1, -0.05) is 0 Å². The van der Waals surface area contributed by atoms with Crippen LogP contribution in [-0.4, -0.2) is 23.0 Å². The van der Waals surface area contributed by atoms with Crippen LogP contribution in [0.5, 0.6) is 0 Å². The van der Waals surface area contributed by atoms with Gasteiger partial charge in [0.05, 0.1) is 12.2 Å². The molecule has 1 aromatic heterocycles. The first-order valence-electron chi connectivity index (χ1n) is 6.41. The number of ether oxygens (including phenoxy) is 1. The summed E-state index contributed by atoms with van der Waals surface area (Å²) in [5, 5.41) is 4.37. The lowest BCUT2D eigenvalue weighted by Crippen LogP contribution is -2.19. The van der Waals surface area contributed by atoms with Gasteiger partial charge in [0, 0.05) is 30.7 Å². The van der Waals surface area contributed by atoms with Crippen LogP contribution in [0.3, 0.4) is 0 Å². The Morgan fingerprint density at radius 1 is 1.21 bits per heavy atom. The maximum Gasteiger partial charge on any atom is 0.125 e. The van der Waals surface area contributed by atoms with E-state index in [4.69, 9.17) is 10.5 Å². The lowest BCUT2D eigenvalue weighted by molar-refractivity contribution is 0.0662. The molecule has 0 spiro atoms. The van der Waals surface area contributed by atoms with Gasteiger partial charge in [0.1, 0.15) is 5.82 Å². The molecule has 0 radical (unpaired) electrons. The molecule has 2 heterocycles. The molecule has 2 N–H and O–H groups in total. The van der Waals surface area contributed by atoms with Gasteiger partial charge >= 0.3 is 0 Å². The Morgan fingerprint density at radius 2 is 2.00 bits per heavy atom. The average Bonchev–Trinajstić information content (AvgIpc) is 2.88. The molecular weight excluding hydrogens is 245 g/mol. The van der Waals surface area contributed by atoms with E-state index in [-0.39, 0.29) is 5.82 Å². The van der Waals surface area contributed by atoms with Gasteiger partial charge in [0.2, 0.25) is 0 Å². The highest BCUT2D eigenvalue weighted by Gasteiger charge is 2.16. The van der Waals surface area contributed by atoms with Crippen molar-refractivity contribution in [3.63, 3.8) is 0 Å². The minimum atomic E-state index is -0.325. The van der Waals surface area contributed by atoms with Crippen molar-refractivity contribution in [2.45, 2.75) is 18.9 Å². The first-order valence-corrected chi connectivity index (χ1v) is 6.41. The van der Waals surface area contributed by atoms with Crippen LogP contribution in [0.4, 0.5) is 10.1 Å². The molecule has 1 aliphatic rings. The number of benzene rings is 1. The minimum Gasteiger partial charge on any atom is -0.399 e. The summed E-state index contributed by atoms with van der Waals surface area (Å²) in [6, 6.07) is 4.91. The fraction of sp³-hybridized carbons (Fsp3) is 0.357. The van der Waals surface area contributed by atoms with Gasteiger partial charge in [-0.3, -0.25) is 4.68 Å². The summed E-state index contributed by atoms with van der Waals surface area (Å²) in [4.78, 5) is 0. The molecule has 1 aliphatic heterocycles. The first kappa shape index (κ1) is 12.2. The summed E-state index contributed by atoms with van der Waals surface area (Å²) in [6.07, 6.45) is 5.63. The van der Waals surface area contributed by atoms with Crippen molar-refractivity contribution in [2.75, 3.05) is 18.9 Å². The van der Waals surface area contributed by atoms with Crippen molar-refractivity contribution in [3.05, 3.63) is 36.4 Å². The van der Waals surface area contributed by atoms with E-state index in [1.807, 2.05) is 10.9 Å². The van der Waals surface area contributed by atoms with Crippen molar-refractivity contribution in [1.82, 2.24) is 9.78 Å². The van der Waals surface area contributed by atoms with Gasteiger partial charge in [-0.25, -0.2) is 4.39 Å². The van der Waals surface area contributed by atoms with Crippen molar-refractivity contribution < 1.29 is 9.13 Å². The highest BCUT2D eigenvalue weighted by atomic mass is 19.1. The van der Waals surface area contributed by atoms with E-state index < -0.39 is 0 Å². The summed E-state index contributed by atoms with van der Waals surface area (Å²) >= 11 is 0. The van der Waals surface area contributed by atoms with Crippen LogP contribution in [0.1, 0.15) is 18.9 Å². The van der Waals surface area contributed by atoms with E-state index >= 15 is 0 Å². The number of hydrogen-bond acceptors (Lipinski definition) is 3. The number of nitrogens with two attached hydrogens (primary N) is 1. The van der Waals surface area contributed by atoms with Crippen LogP contribution in [-0.2, 0) is 4.74 Å². The second kappa shape index (κ2) is 5.01. The lowest BCUT2D eigenvalue weighted by atomic mass is 10.1. The maximum atomic E-state index is 13.4. The molecule has 4 nitrogen and oxygen atoms in total. The molecule has 0 bridgehead atoms. The highest BCUT2D eigenvalue weighted by Crippen LogP contribution is 2.26. The third-order valence-corrected chi connectivity index (χ3v) is 3.42. The van der Waals surface area contributed by atoms with Gasteiger partial charge < -0.3 is 10.5 Å². The zero-order valence-electron chi connectivity index (χ0n) is 10.6. The molecule has 0 unspecified atom stereocenters. The normalized spacial score (nSPS) is 16.7. The fourth-order valence-corrected chi connectivity index (χ4v) is 2.42. The molecule has 19 heavy (non-hydrogen) atoms. The van der Waals surface area contributed by atoms with Crippen molar-refractivity contribution >= 4 is 5.69 Å². The second-order valence-electron chi connectivity index (χ2n) is 4.83. The molecule has 5 heteroatoms. The number of nitrogens with zero attached hydrogens (tertiary/aromatic N) is 2. The van der Waals surface area contributed by atoms with Crippen LogP contribution in [0.25, 0.3) is 11.1 Å². The van der Waals surface area contributed by atoms with Gasteiger partial charge in [-0.2, -0.15) is 5.10 Å². The molecule has 0 atom stereocenters. The topological polar surface area (TPSA) is 53.1 Å². The highest BCUT2D eigenvalue weighted by molar-refractivity contribution is 5.66. The quantitative estimate of drug-likeness (QED) is 0.845. The molecular formula is C14H16FN3O. The van der Waals surface area contributed by atoms with E-state index in [1.165, 1.54) is 12.1 Å². The van der Waals surface area contributed by atoms with Gasteiger partial charge in [-0.05, 0) is 36.6 Å². The van der Waals surface area contributed by atoms with Gasteiger partial charge in [0.25, 0.3) is 0 Å². The van der Waals surface area contributed by atoms with Crippen molar-refractivity contribution in [3.8, 4) is 11.1 Å². The summed E-state index contributed by atoms with van der Waals surface area (Å²) in [5.41, 5.74) is 7.73. The average molecular weight is 261 g/mol. The third kappa shape index (κ3) is 2.61. The van der Waals surface area contributed by atoms with Gasteiger partial charge in [0.15, 0.2) is 0 Å². The molecule has 2 aromatic rings. The predicted molar refractivity (Wildman–Crippen MR) is 71.1 cm³/mol. The Morgan fingerprint density at radius 3 is 2.74 bits per heavy atom. The Hall–Kier alpha value is -1.88. The fourth-order valence-electron chi connectivity index (χ4n) is 2.42. The summed E-state index contributed by atoms with van der Waals surface area (Å²) in [6.45, 7) is 1.54. The van der Waals surface area contributed by atoms with Crippen LogP contribution >= 0.6 is 0 Å². The predicted octanol–water partition coefficient (Wildman–Crippen LogP) is 2.62. The molecule has 0 saturated carbocycles. The SMILES string of the molecule is Nc1cc(F)cc(-c2cnn(C3CCOCC3)c2)c1. The van der Waals surface area contributed by atoms with Crippen LogP contribution in [0.2, 0.25) is 0 Å². The molecule has 0 aliphatic carbocycles. The van der Waals surface area contributed by atoms with E-state index in [9.17, 15) is 4.39 Å². The number of hydrogen-bond donors (Lipinski definition) is 1. The zero-order valence-corrected chi connectivity index (χ0v) is 10.6. The number of nitrogen functional groups attached to an aromatic ring is 1. The maximum absolute atomic E-state index is 13.4. The largest absolute Gasteiger partial charge is 0.399 e. The number of anilines is 1. The number of halogens is 1. The van der Waals surface area contributed by atoms with Crippen molar-refractivity contribution in [1.29, 1.82) is 0 Å². The molecule has 0 amide bonds. The molecule has 3 rings (SSSR count). The molecule has 1 aromatic carbocycles. The minimum absolute atomic E-state index is 0.325. The van der Waals surface area contributed by atoms with Crippen LogP contribution in [0, 0.1) is 5.82 Å². The van der Waals surface area contributed by atoms with E-state index in [1.54, 1.807) is 12.3 Å². The Bertz CT molecular complexity index is 556.